The molecule has 1 nitrogen and oxygen atoms in total. The predicted molar refractivity (Wildman–Crippen MR) is 60.9 cm³/mol. The Kier molecular flexibility index (Phi) is 3.17. The van der Waals surface area contributed by atoms with Gasteiger partial charge in [0.25, 0.3) is 0 Å². The molecular weight excluding hydrogens is 227 g/mol. The van der Waals surface area contributed by atoms with Gasteiger partial charge >= 0.3 is 6.18 Å². The molecule has 1 aromatic carbocycles. The van der Waals surface area contributed by atoms with Gasteiger partial charge in [0.1, 0.15) is 5.54 Å². The molecule has 0 fully saturated rings. The number of benzene rings is 1. The summed E-state index contributed by atoms with van der Waals surface area (Å²) in [5.41, 5.74) is 0.123. The lowest BCUT2D eigenvalue weighted by molar-refractivity contribution is -0.200. The van der Waals surface area contributed by atoms with Crippen LogP contribution in [0.1, 0.15) is 24.5 Å². The summed E-state index contributed by atoms with van der Waals surface area (Å²) in [4.78, 5) is 0. The maximum absolute atomic E-state index is 13.2. The molecule has 1 aliphatic rings. The van der Waals surface area contributed by atoms with Crippen molar-refractivity contribution >= 4 is 0 Å². The van der Waals surface area contributed by atoms with Crippen molar-refractivity contribution in [2.75, 3.05) is 6.54 Å². The molecule has 1 aromatic rings. The fourth-order valence-electron chi connectivity index (χ4n) is 2.57. The smallest absolute Gasteiger partial charge is 0.304 e. The summed E-state index contributed by atoms with van der Waals surface area (Å²) >= 11 is 0. The third kappa shape index (κ3) is 2.18. The van der Waals surface area contributed by atoms with Crippen LogP contribution < -0.4 is 5.32 Å². The molecule has 0 spiro atoms. The highest BCUT2D eigenvalue weighted by Gasteiger charge is 2.54. The number of alkyl halides is 3. The van der Waals surface area contributed by atoms with E-state index >= 15 is 0 Å². The summed E-state index contributed by atoms with van der Waals surface area (Å²) in [5.74, 6) is 0. The van der Waals surface area contributed by atoms with E-state index in [9.17, 15) is 13.2 Å². The largest absolute Gasteiger partial charge is 0.406 e. The fourth-order valence-corrected chi connectivity index (χ4v) is 2.57. The average molecular weight is 243 g/mol. The van der Waals surface area contributed by atoms with Crippen LogP contribution in [0.25, 0.3) is 0 Å². The Morgan fingerprint density at radius 2 is 1.88 bits per heavy atom. The van der Waals surface area contributed by atoms with E-state index in [0.29, 0.717) is 13.0 Å². The molecule has 0 radical (unpaired) electrons. The highest BCUT2D eigenvalue weighted by molar-refractivity contribution is 5.33. The first-order valence-electron chi connectivity index (χ1n) is 5.87. The Morgan fingerprint density at radius 3 is 2.47 bits per heavy atom. The van der Waals surface area contributed by atoms with Crippen LogP contribution in [-0.2, 0) is 12.8 Å². The van der Waals surface area contributed by atoms with Gasteiger partial charge in [0.05, 0.1) is 0 Å². The Bertz CT molecular complexity index is 400. The zero-order valence-corrected chi connectivity index (χ0v) is 9.77. The van der Waals surface area contributed by atoms with Crippen LogP contribution in [0.3, 0.4) is 0 Å². The van der Waals surface area contributed by atoms with Crippen LogP contribution in [0, 0.1) is 0 Å². The van der Waals surface area contributed by atoms with E-state index in [1.54, 1.807) is 19.1 Å². The van der Waals surface area contributed by atoms with Crippen LogP contribution in [-0.4, -0.2) is 18.3 Å². The van der Waals surface area contributed by atoms with Crippen LogP contribution in [0.2, 0.25) is 0 Å². The van der Waals surface area contributed by atoms with Gasteiger partial charge < -0.3 is 5.32 Å². The van der Waals surface area contributed by atoms with Gasteiger partial charge in [-0.1, -0.05) is 31.2 Å². The molecule has 0 saturated heterocycles. The summed E-state index contributed by atoms with van der Waals surface area (Å²) in [5, 5.41) is 2.65. The van der Waals surface area contributed by atoms with Crippen LogP contribution >= 0.6 is 0 Å². The van der Waals surface area contributed by atoms with Gasteiger partial charge in [0, 0.05) is 0 Å². The first kappa shape index (κ1) is 12.4. The number of hydrogen-bond acceptors (Lipinski definition) is 1. The Labute approximate surface area is 99.0 Å². The standard InChI is InChI=1S/C13H16F3N/c1-2-17-12(13(14,15)16)8-7-10-5-3-4-6-11(10)9-12/h3-6,17H,2,7-9H2,1H3. The second kappa shape index (κ2) is 4.33. The molecule has 1 N–H and O–H groups in total. The van der Waals surface area contributed by atoms with Gasteiger partial charge in [-0.2, -0.15) is 13.2 Å². The molecule has 0 bridgehead atoms. The minimum absolute atomic E-state index is 0.0422. The van der Waals surface area contributed by atoms with Crippen LogP contribution in [0.5, 0.6) is 0 Å². The van der Waals surface area contributed by atoms with E-state index in [0.717, 1.165) is 11.1 Å². The van der Waals surface area contributed by atoms with Crippen molar-refractivity contribution in [3.05, 3.63) is 35.4 Å². The molecule has 17 heavy (non-hydrogen) atoms. The van der Waals surface area contributed by atoms with Crippen molar-refractivity contribution in [1.82, 2.24) is 5.32 Å². The van der Waals surface area contributed by atoms with E-state index in [1.807, 2.05) is 12.1 Å². The lowest BCUT2D eigenvalue weighted by atomic mass is 9.77. The zero-order valence-electron chi connectivity index (χ0n) is 9.77. The number of halogens is 3. The molecule has 94 valence electrons. The van der Waals surface area contributed by atoms with E-state index in [4.69, 9.17) is 0 Å². The summed E-state index contributed by atoms with van der Waals surface area (Å²) in [6.07, 6.45) is -3.54. The Balaban J connectivity index is 2.34. The van der Waals surface area contributed by atoms with Gasteiger partial charge in [-0.05, 0) is 36.9 Å². The van der Waals surface area contributed by atoms with Crippen molar-refractivity contribution in [3.63, 3.8) is 0 Å². The second-order valence-corrected chi connectivity index (χ2v) is 4.56. The highest BCUT2D eigenvalue weighted by Crippen LogP contribution is 2.40. The molecule has 0 saturated carbocycles. The normalized spacial score (nSPS) is 24.5. The topological polar surface area (TPSA) is 12.0 Å². The van der Waals surface area contributed by atoms with Gasteiger partial charge in [-0.15, -0.1) is 0 Å². The Morgan fingerprint density at radius 1 is 1.24 bits per heavy atom. The fraction of sp³-hybridized carbons (Fsp3) is 0.538. The molecule has 1 aliphatic carbocycles. The lowest BCUT2D eigenvalue weighted by Crippen LogP contribution is -2.59. The molecule has 4 heteroatoms. The van der Waals surface area contributed by atoms with E-state index in [1.165, 1.54) is 0 Å². The molecule has 1 atom stereocenters. The second-order valence-electron chi connectivity index (χ2n) is 4.56. The predicted octanol–water partition coefficient (Wildman–Crippen LogP) is 3.09. The monoisotopic (exact) mass is 243 g/mol. The number of fused-ring (bicyclic) bond motifs is 1. The van der Waals surface area contributed by atoms with E-state index in [-0.39, 0.29) is 12.8 Å². The van der Waals surface area contributed by atoms with Crippen molar-refractivity contribution in [2.24, 2.45) is 0 Å². The third-order valence-electron chi connectivity index (χ3n) is 3.49. The highest BCUT2D eigenvalue weighted by atomic mass is 19.4. The quantitative estimate of drug-likeness (QED) is 0.841. The number of hydrogen-bond donors (Lipinski definition) is 1. The van der Waals surface area contributed by atoms with Crippen molar-refractivity contribution in [2.45, 2.75) is 37.9 Å². The minimum Gasteiger partial charge on any atom is -0.304 e. The number of likely N-dealkylation sites (N-methyl/N-ethyl adjacent to an activating group) is 1. The lowest BCUT2D eigenvalue weighted by Gasteiger charge is -2.40. The van der Waals surface area contributed by atoms with Crippen molar-refractivity contribution < 1.29 is 13.2 Å². The average Bonchev–Trinajstić information content (AvgIpc) is 2.28. The van der Waals surface area contributed by atoms with E-state index in [2.05, 4.69) is 5.32 Å². The molecule has 0 aromatic heterocycles. The zero-order chi connectivity index (χ0) is 12.5. The third-order valence-corrected chi connectivity index (χ3v) is 3.49. The number of rotatable bonds is 2. The molecular formula is C13H16F3N. The first-order valence-corrected chi connectivity index (χ1v) is 5.87. The van der Waals surface area contributed by atoms with Gasteiger partial charge in [0.15, 0.2) is 0 Å². The summed E-state index contributed by atoms with van der Waals surface area (Å²) in [6.45, 7) is 2.05. The Hall–Kier alpha value is -1.03. The maximum Gasteiger partial charge on any atom is 0.406 e. The summed E-state index contributed by atoms with van der Waals surface area (Å²) < 4.78 is 39.6. The van der Waals surface area contributed by atoms with Gasteiger partial charge in [-0.3, -0.25) is 0 Å². The van der Waals surface area contributed by atoms with Crippen molar-refractivity contribution in [3.8, 4) is 0 Å². The van der Waals surface area contributed by atoms with Gasteiger partial charge in [0.2, 0.25) is 0 Å². The molecule has 2 rings (SSSR count). The van der Waals surface area contributed by atoms with Crippen LogP contribution in [0.4, 0.5) is 13.2 Å². The first-order chi connectivity index (χ1) is 7.98. The minimum atomic E-state index is -4.20. The summed E-state index contributed by atoms with van der Waals surface area (Å²) in [6, 6.07) is 7.40. The molecule has 1 unspecified atom stereocenters. The van der Waals surface area contributed by atoms with Crippen molar-refractivity contribution in [1.29, 1.82) is 0 Å². The molecule has 0 amide bonds. The maximum atomic E-state index is 13.2. The van der Waals surface area contributed by atoms with E-state index < -0.39 is 11.7 Å². The summed E-state index contributed by atoms with van der Waals surface area (Å²) in [7, 11) is 0. The molecule has 0 aliphatic heterocycles. The molecule has 0 heterocycles. The SMILES string of the molecule is CCNC1(C(F)(F)F)CCc2ccccc2C1. The number of aryl methyl sites for hydroxylation is 1. The van der Waals surface area contributed by atoms with Gasteiger partial charge in [-0.25, -0.2) is 0 Å². The van der Waals surface area contributed by atoms with Crippen LogP contribution in [0.15, 0.2) is 24.3 Å². The number of nitrogens with one attached hydrogen (secondary N) is 1.